The number of alkyl halides is 1. The molecule has 1 aliphatic rings. The van der Waals surface area contributed by atoms with Crippen molar-refractivity contribution in [2.45, 2.75) is 17.9 Å². The average Bonchev–Trinajstić information content (AvgIpc) is 3.00. The van der Waals surface area contributed by atoms with Gasteiger partial charge >= 0.3 is 0 Å². The summed E-state index contributed by atoms with van der Waals surface area (Å²) in [4.78, 5) is 4.33. The van der Waals surface area contributed by atoms with Crippen molar-refractivity contribution in [3.8, 4) is 0 Å². The second-order valence-electron chi connectivity index (χ2n) is 5.25. The number of nitrogens with zero attached hydrogens (tertiary/aromatic N) is 1. The van der Waals surface area contributed by atoms with Crippen LogP contribution in [0.4, 0.5) is 4.39 Å². The van der Waals surface area contributed by atoms with Crippen LogP contribution in [0.25, 0.3) is 0 Å². The molecule has 0 aliphatic carbocycles. The highest BCUT2D eigenvalue weighted by Gasteiger charge is 2.32. The largest absolute Gasteiger partial charge is 0.772 e. The van der Waals surface area contributed by atoms with Gasteiger partial charge in [0.1, 0.15) is 12.7 Å². The molecule has 3 rings (SSSR count). The smallest absolute Gasteiger partial charge is 0.217 e. The fourth-order valence-electron chi connectivity index (χ4n) is 2.52. The molecule has 23 heavy (non-hydrogen) atoms. The van der Waals surface area contributed by atoms with Gasteiger partial charge in [-0.05, 0) is 23.3 Å². The van der Waals surface area contributed by atoms with Gasteiger partial charge in [-0.3, -0.25) is 4.21 Å². The molecule has 0 bridgehead atoms. The maximum atomic E-state index is 13.3. The maximum Gasteiger partial charge on any atom is 0.217 e. The molecule has 6 heteroatoms. The van der Waals surface area contributed by atoms with E-state index in [1.54, 1.807) is 24.3 Å². The molecule has 1 heterocycles. The lowest BCUT2D eigenvalue weighted by molar-refractivity contribution is 0.181. The highest BCUT2D eigenvalue weighted by Crippen LogP contribution is 2.31. The highest BCUT2D eigenvalue weighted by atomic mass is 32.2. The summed E-state index contributed by atoms with van der Waals surface area (Å²) in [5.41, 5.74) is 2.27. The Labute approximate surface area is 136 Å². The third-order valence-electron chi connectivity index (χ3n) is 3.64. The SMILES string of the molecule is O=S([O-])Cc1ccc([C@H]2OC(c3ccccc3)=N[C@@H]2CF)cc1. The lowest BCUT2D eigenvalue weighted by Gasteiger charge is -2.16. The van der Waals surface area contributed by atoms with Crippen molar-refractivity contribution >= 4 is 17.0 Å². The fraction of sp³-hybridized carbons (Fsp3) is 0.235. The molecule has 0 spiro atoms. The summed E-state index contributed by atoms with van der Waals surface area (Å²) < 4.78 is 40.6. The minimum absolute atomic E-state index is 0.0376. The van der Waals surface area contributed by atoms with Gasteiger partial charge in [0.15, 0.2) is 6.10 Å². The molecule has 0 fully saturated rings. The predicted octanol–water partition coefficient (Wildman–Crippen LogP) is 2.92. The van der Waals surface area contributed by atoms with Crippen molar-refractivity contribution in [2.24, 2.45) is 4.99 Å². The van der Waals surface area contributed by atoms with E-state index >= 15 is 0 Å². The van der Waals surface area contributed by atoms with Crippen LogP contribution >= 0.6 is 0 Å². The first-order chi connectivity index (χ1) is 11.2. The Balaban J connectivity index is 1.79. The van der Waals surface area contributed by atoms with E-state index in [0.717, 1.165) is 11.1 Å². The Bertz CT molecular complexity index is 718. The standard InChI is InChI=1S/C17H16FNO3S/c18-10-15-16(13-8-6-12(7-9-13)11-23(20)21)22-17(19-15)14-4-2-1-3-5-14/h1-9,15-16H,10-11H2,(H,20,21)/p-1/t15-,16-/m1/s1. The van der Waals surface area contributed by atoms with Crippen LogP contribution < -0.4 is 0 Å². The van der Waals surface area contributed by atoms with Crippen LogP contribution in [0.15, 0.2) is 59.6 Å². The third-order valence-corrected chi connectivity index (χ3v) is 4.21. The summed E-state index contributed by atoms with van der Waals surface area (Å²) in [7, 11) is 0. The monoisotopic (exact) mass is 332 g/mol. The van der Waals surface area contributed by atoms with Crippen LogP contribution in [0.1, 0.15) is 22.8 Å². The molecule has 2 aromatic carbocycles. The number of hydrogen-bond donors (Lipinski definition) is 0. The van der Waals surface area contributed by atoms with E-state index in [4.69, 9.17) is 4.74 Å². The maximum absolute atomic E-state index is 13.3. The highest BCUT2D eigenvalue weighted by molar-refractivity contribution is 7.78. The van der Waals surface area contributed by atoms with Gasteiger partial charge in [-0.2, -0.15) is 0 Å². The summed E-state index contributed by atoms with van der Waals surface area (Å²) in [6.07, 6.45) is -0.498. The van der Waals surface area contributed by atoms with Gasteiger partial charge in [0.05, 0.1) is 0 Å². The number of aliphatic imine (C=N–C) groups is 1. The van der Waals surface area contributed by atoms with E-state index in [9.17, 15) is 13.2 Å². The van der Waals surface area contributed by atoms with E-state index in [0.29, 0.717) is 11.5 Å². The van der Waals surface area contributed by atoms with Gasteiger partial charge in [0.25, 0.3) is 0 Å². The van der Waals surface area contributed by atoms with Crippen LogP contribution in [0.3, 0.4) is 0 Å². The first-order valence-corrected chi connectivity index (χ1v) is 8.42. The topological polar surface area (TPSA) is 61.7 Å². The molecule has 0 radical (unpaired) electrons. The van der Waals surface area contributed by atoms with E-state index in [1.165, 1.54) is 0 Å². The van der Waals surface area contributed by atoms with Gasteiger partial charge in [-0.1, -0.05) is 53.5 Å². The third kappa shape index (κ3) is 3.65. The molecular formula is C17H15FNO3S-. The zero-order valence-corrected chi connectivity index (χ0v) is 13.0. The van der Waals surface area contributed by atoms with Crippen LogP contribution in [0, 0.1) is 0 Å². The van der Waals surface area contributed by atoms with Gasteiger partial charge in [-0.25, -0.2) is 9.38 Å². The predicted molar refractivity (Wildman–Crippen MR) is 85.6 cm³/mol. The van der Waals surface area contributed by atoms with Crippen LogP contribution in [-0.2, 0) is 21.6 Å². The van der Waals surface area contributed by atoms with Crippen LogP contribution in [0.5, 0.6) is 0 Å². The molecule has 4 nitrogen and oxygen atoms in total. The van der Waals surface area contributed by atoms with E-state index < -0.39 is 29.9 Å². The second-order valence-corrected chi connectivity index (χ2v) is 6.15. The summed E-state index contributed by atoms with van der Waals surface area (Å²) in [5, 5.41) is 0. The van der Waals surface area contributed by atoms with Gasteiger partial charge in [0, 0.05) is 11.3 Å². The Morgan fingerprint density at radius 3 is 2.43 bits per heavy atom. The van der Waals surface area contributed by atoms with E-state index in [-0.39, 0.29) is 5.75 Å². The van der Waals surface area contributed by atoms with Crippen molar-refractivity contribution in [1.82, 2.24) is 0 Å². The molecule has 0 amide bonds. The number of hydrogen-bond acceptors (Lipinski definition) is 4. The molecule has 0 aromatic heterocycles. The molecular weight excluding hydrogens is 317 g/mol. The first-order valence-electron chi connectivity index (χ1n) is 7.18. The Morgan fingerprint density at radius 2 is 1.83 bits per heavy atom. The molecule has 1 unspecified atom stereocenters. The summed E-state index contributed by atoms with van der Waals surface area (Å²) in [6, 6.07) is 15.7. The Hall–Kier alpha value is -2.05. The number of rotatable bonds is 5. The molecule has 1 aliphatic heterocycles. The van der Waals surface area contributed by atoms with Crippen molar-refractivity contribution in [3.05, 3.63) is 71.3 Å². The molecule has 0 saturated heterocycles. The Morgan fingerprint density at radius 1 is 1.13 bits per heavy atom. The summed E-state index contributed by atoms with van der Waals surface area (Å²) in [5.74, 6) is 0.396. The number of benzene rings is 2. The summed E-state index contributed by atoms with van der Waals surface area (Å²) >= 11 is -2.13. The summed E-state index contributed by atoms with van der Waals surface area (Å²) in [6.45, 7) is -0.618. The van der Waals surface area contributed by atoms with E-state index in [1.807, 2.05) is 30.3 Å². The van der Waals surface area contributed by atoms with Gasteiger partial charge in [0.2, 0.25) is 5.90 Å². The van der Waals surface area contributed by atoms with E-state index in [2.05, 4.69) is 4.99 Å². The zero-order valence-electron chi connectivity index (χ0n) is 12.2. The van der Waals surface area contributed by atoms with Crippen LogP contribution in [-0.4, -0.2) is 27.4 Å². The van der Waals surface area contributed by atoms with Crippen molar-refractivity contribution in [3.63, 3.8) is 0 Å². The lowest BCUT2D eigenvalue weighted by atomic mass is 10.0. The number of halogens is 1. The van der Waals surface area contributed by atoms with Gasteiger partial charge in [-0.15, -0.1) is 0 Å². The zero-order chi connectivity index (χ0) is 16.2. The fourth-order valence-corrected chi connectivity index (χ4v) is 2.98. The van der Waals surface area contributed by atoms with Gasteiger partial charge < -0.3 is 9.29 Å². The number of ether oxygens (including phenoxy) is 1. The van der Waals surface area contributed by atoms with Crippen LogP contribution in [0.2, 0.25) is 0 Å². The van der Waals surface area contributed by atoms with Crippen molar-refractivity contribution in [1.29, 1.82) is 0 Å². The average molecular weight is 332 g/mol. The molecule has 0 N–H and O–H groups in total. The Kier molecular flexibility index (Phi) is 4.83. The molecule has 3 atom stereocenters. The molecule has 120 valence electrons. The second kappa shape index (κ2) is 7.02. The molecule has 2 aromatic rings. The van der Waals surface area contributed by atoms with Crippen molar-refractivity contribution < 1.29 is 17.9 Å². The lowest BCUT2D eigenvalue weighted by Crippen LogP contribution is -2.16. The molecule has 0 saturated carbocycles. The minimum atomic E-state index is -2.13. The first kappa shape index (κ1) is 15.8. The quantitative estimate of drug-likeness (QED) is 0.791. The minimum Gasteiger partial charge on any atom is -0.772 e. The van der Waals surface area contributed by atoms with Crippen molar-refractivity contribution in [2.75, 3.05) is 6.67 Å². The normalized spacial score (nSPS) is 21.6.